The number of Topliss-reactive ketones (excluding diaryl/α,β-unsaturated/α-hetero) is 1. The van der Waals surface area contributed by atoms with Gasteiger partial charge in [0.2, 0.25) is 11.8 Å². The topological polar surface area (TPSA) is 123 Å². The van der Waals surface area contributed by atoms with Crippen LogP contribution in [0.15, 0.2) is 60.7 Å². The Labute approximate surface area is 236 Å². The molecule has 0 aliphatic carbocycles. The van der Waals surface area contributed by atoms with E-state index in [-0.39, 0.29) is 42.2 Å². The molecule has 12 heteroatoms. The first kappa shape index (κ1) is 26.5. The van der Waals surface area contributed by atoms with Crippen molar-refractivity contribution in [2.45, 2.75) is 32.1 Å². The minimum atomic E-state index is -1.43. The normalized spacial score (nSPS) is 16.9. The van der Waals surface area contributed by atoms with E-state index in [0.29, 0.717) is 27.1 Å². The number of carbonyl (C=O) groups is 3. The first-order chi connectivity index (χ1) is 19.7. The largest absolute Gasteiger partial charge is 0.375 e. The number of likely N-dealkylation sites (tertiary alicyclic amines) is 1. The van der Waals surface area contributed by atoms with Crippen LogP contribution in [0.4, 0.5) is 19.6 Å². The molecule has 0 radical (unpaired) electrons. The molecule has 3 aromatic carbocycles. The molecule has 1 aliphatic rings. The number of benzene rings is 3. The first-order valence-electron chi connectivity index (χ1n) is 12.9. The van der Waals surface area contributed by atoms with Crippen molar-refractivity contribution in [3.63, 3.8) is 0 Å². The summed E-state index contributed by atoms with van der Waals surface area (Å²) in [5, 5.41) is 7.84. The predicted octanol–water partition coefficient (Wildman–Crippen LogP) is 4.81. The summed E-state index contributed by atoms with van der Waals surface area (Å²) in [7, 11) is 0. The average molecular weight is 575 g/mol. The number of halogens is 2. The van der Waals surface area contributed by atoms with Crippen LogP contribution in [-0.2, 0) is 16.1 Å². The highest BCUT2D eigenvalue weighted by atomic mass is 32.1. The molecule has 0 saturated carbocycles. The van der Waals surface area contributed by atoms with Crippen LogP contribution in [0.5, 0.6) is 0 Å². The van der Waals surface area contributed by atoms with E-state index in [4.69, 9.17) is 5.73 Å². The lowest BCUT2D eigenvalue weighted by atomic mass is 10.0. The molecule has 2 aromatic heterocycles. The summed E-state index contributed by atoms with van der Waals surface area (Å²) in [6.07, 6.45) is -1.65. The molecule has 41 heavy (non-hydrogen) atoms. The summed E-state index contributed by atoms with van der Waals surface area (Å²) in [4.78, 5) is 44.0. The number of nitrogens with zero attached hydrogens (tertiary/aromatic N) is 4. The Balaban J connectivity index is 1.23. The van der Waals surface area contributed by atoms with Crippen molar-refractivity contribution in [3.05, 3.63) is 72.2 Å². The number of hydrogen-bond donors (Lipinski definition) is 2. The minimum absolute atomic E-state index is 0.0933. The fourth-order valence-corrected chi connectivity index (χ4v) is 5.93. The van der Waals surface area contributed by atoms with Crippen LogP contribution >= 0.6 is 11.3 Å². The van der Waals surface area contributed by atoms with Gasteiger partial charge in [-0.15, -0.1) is 0 Å². The van der Waals surface area contributed by atoms with E-state index < -0.39 is 29.8 Å². The summed E-state index contributed by atoms with van der Waals surface area (Å²) in [5.41, 5.74) is 7.91. The number of nitrogens with one attached hydrogen (secondary N) is 1. The molecule has 6 rings (SSSR count). The number of alkyl halides is 1. The Morgan fingerprint density at radius 2 is 1.93 bits per heavy atom. The summed E-state index contributed by atoms with van der Waals surface area (Å²) < 4.78 is 32.4. The van der Waals surface area contributed by atoms with Crippen molar-refractivity contribution >= 4 is 60.9 Å². The molecule has 0 bridgehead atoms. The molecule has 1 saturated heterocycles. The fourth-order valence-electron chi connectivity index (χ4n) is 5.22. The van der Waals surface area contributed by atoms with E-state index in [2.05, 4.69) is 15.4 Å². The van der Waals surface area contributed by atoms with Crippen LogP contribution in [0.3, 0.4) is 0 Å². The predicted molar refractivity (Wildman–Crippen MR) is 153 cm³/mol. The van der Waals surface area contributed by atoms with Gasteiger partial charge in [-0.25, -0.2) is 13.8 Å². The summed E-state index contributed by atoms with van der Waals surface area (Å²) in [5.74, 6) is -2.17. The zero-order chi connectivity index (χ0) is 28.8. The van der Waals surface area contributed by atoms with Crippen LogP contribution in [0.2, 0.25) is 0 Å². The summed E-state index contributed by atoms with van der Waals surface area (Å²) >= 11 is 1.32. The van der Waals surface area contributed by atoms with Gasteiger partial charge in [-0.3, -0.25) is 19.1 Å². The Bertz CT molecular complexity index is 1850. The molecule has 3 N–H and O–H groups in total. The molecule has 1 fully saturated rings. The molecule has 5 aromatic rings. The lowest BCUT2D eigenvalue weighted by Gasteiger charge is -2.24. The number of nitrogen functional groups attached to an aromatic ring is 1. The Kier molecular flexibility index (Phi) is 6.70. The van der Waals surface area contributed by atoms with Crippen molar-refractivity contribution in [2.24, 2.45) is 0 Å². The first-order valence-corrected chi connectivity index (χ1v) is 13.7. The van der Waals surface area contributed by atoms with E-state index in [0.717, 1.165) is 9.60 Å². The SMILES string of the molecule is CC(=O)c1nn(CC(=O)N2C[C@H](F)C[C@H]2C(=O)Nc2cccc(-c3ccc4sc(N)nc4c3)c2F)c2ccccc12. The zero-order valence-corrected chi connectivity index (χ0v) is 22.6. The van der Waals surface area contributed by atoms with Crippen LogP contribution in [-0.4, -0.2) is 56.0 Å². The number of hydrogen-bond acceptors (Lipinski definition) is 7. The molecular weight excluding hydrogens is 550 g/mol. The number of carbonyl (C=O) groups excluding carboxylic acids is 3. The van der Waals surface area contributed by atoms with E-state index in [9.17, 15) is 18.8 Å². The number of ketones is 1. The van der Waals surface area contributed by atoms with Crippen molar-refractivity contribution in [1.82, 2.24) is 19.7 Å². The van der Waals surface area contributed by atoms with E-state index >= 15 is 4.39 Å². The maximum Gasteiger partial charge on any atom is 0.247 e. The summed E-state index contributed by atoms with van der Waals surface area (Å²) in [6.45, 7) is 0.809. The molecule has 3 heterocycles. The Morgan fingerprint density at radius 1 is 1.12 bits per heavy atom. The lowest BCUT2D eigenvalue weighted by molar-refractivity contribution is -0.137. The third-order valence-electron chi connectivity index (χ3n) is 7.12. The van der Waals surface area contributed by atoms with E-state index in [1.807, 2.05) is 0 Å². The van der Waals surface area contributed by atoms with Crippen LogP contribution in [0.1, 0.15) is 23.8 Å². The standard InChI is InChI=1S/C29H24F2N6O3S/c1-15(38)27-19-5-2-3-8-22(19)37(35-27)14-25(39)36-13-17(30)12-23(36)28(40)33-20-7-4-6-18(26(20)31)16-9-10-24-21(11-16)34-29(32)41-24/h2-11,17,23H,12-14H2,1H3,(H2,32,34)(H,33,40)/t17-,23+/m1/s1. The third-order valence-corrected chi connectivity index (χ3v) is 7.99. The lowest BCUT2D eigenvalue weighted by Crippen LogP contribution is -2.44. The van der Waals surface area contributed by atoms with Crippen molar-refractivity contribution in [1.29, 1.82) is 0 Å². The van der Waals surface area contributed by atoms with Gasteiger partial charge >= 0.3 is 0 Å². The summed E-state index contributed by atoms with van der Waals surface area (Å²) in [6, 6.07) is 15.7. The van der Waals surface area contributed by atoms with Crippen molar-refractivity contribution in [3.8, 4) is 11.1 Å². The molecule has 0 spiro atoms. The van der Waals surface area contributed by atoms with Gasteiger partial charge < -0.3 is 16.0 Å². The van der Waals surface area contributed by atoms with Crippen molar-refractivity contribution in [2.75, 3.05) is 17.6 Å². The van der Waals surface area contributed by atoms with Gasteiger partial charge in [0.05, 0.1) is 28.0 Å². The number of thiazole rings is 1. The van der Waals surface area contributed by atoms with Gasteiger partial charge in [0.15, 0.2) is 16.7 Å². The molecule has 2 atom stereocenters. The number of nitrogens with two attached hydrogens (primary N) is 1. The van der Waals surface area contributed by atoms with Crippen LogP contribution in [0.25, 0.3) is 32.2 Å². The Morgan fingerprint density at radius 3 is 2.73 bits per heavy atom. The Hall–Kier alpha value is -4.71. The third kappa shape index (κ3) is 4.91. The quantitative estimate of drug-likeness (QED) is 0.281. The molecule has 208 valence electrons. The molecule has 2 amide bonds. The van der Waals surface area contributed by atoms with Crippen LogP contribution < -0.4 is 11.1 Å². The average Bonchev–Trinajstić information content (AvgIpc) is 3.63. The highest BCUT2D eigenvalue weighted by Crippen LogP contribution is 2.33. The maximum absolute atomic E-state index is 15.6. The van der Waals surface area contributed by atoms with Gasteiger partial charge in [0.25, 0.3) is 0 Å². The minimum Gasteiger partial charge on any atom is -0.375 e. The monoisotopic (exact) mass is 574 g/mol. The molecule has 9 nitrogen and oxygen atoms in total. The second kappa shape index (κ2) is 10.4. The van der Waals surface area contributed by atoms with Gasteiger partial charge in [0, 0.05) is 24.3 Å². The number of aromatic nitrogens is 3. The van der Waals surface area contributed by atoms with Crippen molar-refractivity contribution < 1.29 is 23.2 Å². The highest BCUT2D eigenvalue weighted by Gasteiger charge is 2.40. The maximum atomic E-state index is 15.6. The number of anilines is 2. The van der Waals surface area contributed by atoms with E-state index in [1.54, 1.807) is 54.6 Å². The fraction of sp³-hybridized carbons (Fsp3) is 0.207. The number of para-hydroxylation sites is 1. The molecule has 0 unspecified atom stereocenters. The zero-order valence-electron chi connectivity index (χ0n) is 21.8. The number of amides is 2. The second-order valence-electron chi connectivity index (χ2n) is 9.87. The van der Waals surface area contributed by atoms with Gasteiger partial charge in [0.1, 0.15) is 24.5 Å². The van der Waals surface area contributed by atoms with Gasteiger partial charge in [-0.2, -0.15) is 5.10 Å². The van der Waals surface area contributed by atoms with Gasteiger partial charge in [-0.1, -0.05) is 47.7 Å². The molecule has 1 aliphatic heterocycles. The number of fused-ring (bicyclic) bond motifs is 2. The van der Waals surface area contributed by atoms with Gasteiger partial charge in [-0.05, 0) is 29.8 Å². The van der Waals surface area contributed by atoms with Crippen LogP contribution in [0, 0.1) is 5.82 Å². The number of rotatable bonds is 6. The van der Waals surface area contributed by atoms with E-state index in [1.165, 1.54) is 29.0 Å². The smallest absolute Gasteiger partial charge is 0.247 e. The highest BCUT2D eigenvalue weighted by molar-refractivity contribution is 7.22. The second-order valence-corrected chi connectivity index (χ2v) is 10.9. The molecular formula is C29H24F2N6O3S.